The van der Waals surface area contributed by atoms with Crippen molar-refractivity contribution in [3.05, 3.63) is 0 Å². The molecule has 3 unspecified atom stereocenters. The molecule has 0 aromatic rings. The van der Waals surface area contributed by atoms with Gasteiger partial charge in [0.2, 0.25) is 0 Å². The molecule has 1 saturated heterocycles. The second-order valence-electron chi connectivity index (χ2n) is 4.28. The van der Waals surface area contributed by atoms with Crippen molar-refractivity contribution in [1.29, 1.82) is 0 Å². The lowest BCUT2D eigenvalue weighted by Crippen LogP contribution is -2.32. The van der Waals surface area contributed by atoms with Crippen molar-refractivity contribution in [1.82, 2.24) is 4.90 Å². The molecule has 2 aliphatic rings. The first-order valence-electron chi connectivity index (χ1n) is 4.42. The molecule has 0 bridgehead atoms. The molecule has 1 nitrogen and oxygen atoms in total. The summed E-state index contributed by atoms with van der Waals surface area (Å²) in [5.41, 5.74) is 0. The minimum atomic E-state index is 0.859. The van der Waals surface area contributed by atoms with Gasteiger partial charge in [0.25, 0.3) is 0 Å². The van der Waals surface area contributed by atoms with E-state index >= 15 is 0 Å². The largest absolute Gasteiger partial charge is 0.300 e. The molecule has 2 fully saturated rings. The molecule has 1 aliphatic carbocycles. The Morgan fingerprint density at radius 2 is 2.00 bits per heavy atom. The molecule has 0 amide bonds. The van der Waals surface area contributed by atoms with E-state index in [0.717, 1.165) is 23.9 Å². The number of fused-ring (bicyclic) bond motifs is 1. The molecule has 1 aliphatic heterocycles. The highest BCUT2D eigenvalue weighted by molar-refractivity contribution is 5.04. The fourth-order valence-corrected chi connectivity index (χ4v) is 2.45. The summed E-state index contributed by atoms with van der Waals surface area (Å²) in [6.45, 7) is 4.68. The smallest absolute Gasteiger partial charge is 0.0128 e. The molecule has 1 heterocycles. The molecular formula is C9H17N. The summed E-state index contributed by atoms with van der Waals surface area (Å²) in [5, 5.41) is 0. The van der Waals surface area contributed by atoms with Crippen molar-refractivity contribution in [3.63, 3.8) is 0 Å². The van der Waals surface area contributed by atoms with Crippen molar-refractivity contribution in [2.45, 2.75) is 38.8 Å². The lowest BCUT2D eigenvalue weighted by Gasteiger charge is -2.26. The van der Waals surface area contributed by atoms with Crippen LogP contribution in [0.25, 0.3) is 0 Å². The number of piperidine rings is 1. The van der Waals surface area contributed by atoms with Gasteiger partial charge in [-0.25, -0.2) is 0 Å². The first-order valence-corrected chi connectivity index (χ1v) is 4.42. The Balaban J connectivity index is 2.00. The van der Waals surface area contributed by atoms with Crippen molar-refractivity contribution in [2.24, 2.45) is 11.8 Å². The molecule has 1 heteroatoms. The van der Waals surface area contributed by atoms with Gasteiger partial charge >= 0.3 is 0 Å². The van der Waals surface area contributed by atoms with Crippen molar-refractivity contribution in [2.75, 3.05) is 7.05 Å². The van der Waals surface area contributed by atoms with Crippen LogP contribution in [0.2, 0.25) is 0 Å². The molecule has 0 aromatic carbocycles. The molecule has 58 valence electrons. The average Bonchev–Trinajstić information content (AvgIpc) is 2.54. The van der Waals surface area contributed by atoms with Gasteiger partial charge in [0.1, 0.15) is 0 Å². The maximum absolute atomic E-state index is 2.59. The van der Waals surface area contributed by atoms with Crippen LogP contribution in [0, 0.1) is 11.8 Å². The van der Waals surface area contributed by atoms with Crippen LogP contribution in [-0.4, -0.2) is 24.0 Å². The van der Waals surface area contributed by atoms with E-state index in [0.29, 0.717) is 0 Å². The SMILES string of the molecule is CC(C)C1CC2CC2N1C. The zero-order chi connectivity index (χ0) is 7.30. The average molecular weight is 139 g/mol. The quantitative estimate of drug-likeness (QED) is 0.535. The molecule has 3 atom stereocenters. The number of hydrogen-bond acceptors (Lipinski definition) is 1. The predicted octanol–water partition coefficient (Wildman–Crippen LogP) is 1.74. The Hall–Kier alpha value is -0.0400. The van der Waals surface area contributed by atoms with Gasteiger partial charge in [-0.05, 0) is 31.7 Å². The number of rotatable bonds is 1. The summed E-state index contributed by atoms with van der Waals surface area (Å²) < 4.78 is 0. The third-order valence-corrected chi connectivity index (χ3v) is 3.25. The second kappa shape index (κ2) is 1.97. The minimum absolute atomic E-state index is 0.859. The van der Waals surface area contributed by atoms with Crippen molar-refractivity contribution < 1.29 is 0 Å². The Morgan fingerprint density at radius 3 is 2.30 bits per heavy atom. The van der Waals surface area contributed by atoms with Gasteiger partial charge in [0, 0.05) is 12.1 Å². The fraction of sp³-hybridized carbons (Fsp3) is 1.00. The van der Waals surface area contributed by atoms with Crippen LogP contribution in [0.5, 0.6) is 0 Å². The molecule has 2 rings (SSSR count). The summed E-state index contributed by atoms with van der Waals surface area (Å²) in [7, 11) is 2.29. The van der Waals surface area contributed by atoms with Crippen molar-refractivity contribution >= 4 is 0 Å². The Bertz CT molecular complexity index is 142. The highest BCUT2D eigenvalue weighted by Crippen LogP contribution is 2.48. The van der Waals surface area contributed by atoms with Gasteiger partial charge in [0.05, 0.1) is 0 Å². The zero-order valence-electron chi connectivity index (χ0n) is 7.17. The van der Waals surface area contributed by atoms with Gasteiger partial charge in [-0.15, -0.1) is 0 Å². The zero-order valence-corrected chi connectivity index (χ0v) is 7.17. The molecule has 1 saturated carbocycles. The summed E-state index contributed by atoms with van der Waals surface area (Å²) in [6.07, 6.45) is 2.96. The van der Waals surface area contributed by atoms with Gasteiger partial charge in [-0.2, -0.15) is 0 Å². The third kappa shape index (κ3) is 0.800. The van der Waals surface area contributed by atoms with E-state index in [-0.39, 0.29) is 0 Å². The van der Waals surface area contributed by atoms with Gasteiger partial charge in [-0.1, -0.05) is 13.8 Å². The van der Waals surface area contributed by atoms with Crippen LogP contribution in [0.3, 0.4) is 0 Å². The Labute approximate surface area is 63.4 Å². The maximum Gasteiger partial charge on any atom is 0.0128 e. The first kappa shape index (κ1) is 6.66. The van der Waals surface area contributed by atoms with E-state index in [4.69, 9.17) is 0 Å². The molecule has 0 spiro atoms. The van der Waals surface area contributed by atoms with E-state index in [1.807, 2.05) is 0 Å². The minimum Gasteiger partial charge on any atom is -0.300 e. The molecule has 0 radical (unpaired) electrons. The van der Waals surface area contributed by atoms with Crippen LogP contribution >= 0.6 is 0 Å². The van der Waals surface area contributed by atoms with Gasteiger partial charge in [0.15, 0.2) is 0 Å². The topological polar surface area (TPSA) is 3.24 Å². The number of nitrogens with zero attached hydrogens (tertiary/aromatic N) is 1. The maximum atomic E-state index is 2.59. The van der Waals surface area contributed by atoms with Crippen LogP contribution in [0.1, 0.15) is 26.7 Å². The van der Waals surface area contributed by atoms with E-state index in [1.165, 1.54) is 12.8 Å². The van der Waals surface area contributed by atoms with Gasteiger partial charge in [-0.3, -0.25) is 4.90 Å². The normalized spacial score (nSPS) is 46.2. The van der Waals surface area contributed by atoms with E-state index < -0.39 is 0 Å². The van der Waals surface area contributed by atoms with Gasteiger partial charge < -0.3 is 0 Å². The van der Waals surface area contributed by atoms with Crippen molar-refractivity contribution in [3.8, 4) is 0 Å². The fourth-order valence-electron chi connectivity index (χ4n) is 2.45. The van der Waals surface area contributed by atoms with E-state index in [2.05, 4.69) is 25.8 Å². The van der Waals surface area contributed by atoms with Crippen LogP contribution in [0.4, 0.5) is 0 Å². The first-order chi connectivity index (χ1) is 4.70. The second-order valence-corrected chi connectivity index (χ2v) is 4.28. The summed E-state index contributed by atoms with van der Waals surface area (Å²) in [6, 6.07) is 1.87. The van der Waals surface area contributed by atoms with E-state index in [1.54, 1.807) is 0 Å². The van der Waals surface area contributed by atoms with Crippen LogP contribution in [-0.2, 0) is 0 Å². The third-order valence-electron chi connectivity index (χ3n) is 3.25. The molecular weight excluding hydrogens is 122 g/mol. The molecule has 0 aromatic heterocycles. The predicted molar refractivity (Wildman–Crippen MR) is 42.9 cm³/mol. The van der Waals surface area contributed by atoms with Crippen LogP contribution in [0.15, 0.2) is 0 Å². The lowest BCUT2D eigenvalue weighted by molar-refractivity contribution is 0.215. The number of likely N-dealkylation sites (tertiary alicyclic amines) is 1. The molecule has 10 heavy (non-hydrogen) atoms. The highest BCUT2D eigenvalue weighted by atomic mass is 15.2. The summed E-state index contributed by atoms with van der Waals surface area (Å²) >= 11 is 0. The summed E-state index contributed by atoms with van der Waals surface area (Å²) in [5.74, 6) is 1.94. The molecule has 0 N–H and O–H groups in total. The Kier molecular flexibility index (Phi) is 1.31. The standard InChI is InChI=1S/C9H17N/c1-6(2)8-4-7-5-9(7)10(8)3/h6-9H,4-5H2,1-3H3. The summed E-state index contributed by atoms with van der Waals surface area (Å²) in [4.78, 5) is 2.59. The number of hydrogen-bond donors (Lipinski definition) is 0. The lowest BCUT2D eigenvalue weighted by atomic mass is 10.0. The van der Waals surface area contributed by atoms with E-state index in [9.17, 15) is 0 Å². The Morgan fingerprint density at radius 1 is 1.30 bits per heavy atom. The monoisotopic (exact) mass is 139 g/mol. The highest BCUT2D eigenvalue weighted by Gasteiger charge is 2.50. The van der Waals surface area contributed by atoms with Crippen LogP contribution < -0.4 is 0 Å².